The molecule has 0 radical (unpaired) electrons. The molecule has 0 saturated carbocycles. The summed E-state index contributed by atoms with van der Waals surface area (Å²) in [4.78, 5) is 30.5. The van der Waals surface area contributed by atoms with Gasteiger partial charge in [-0.3, -0.25) is 14.7 Å². The van der Waals surface area contributed by atoms with E-state index < -0.39 is 29.5 Å². The number of hydrogen-bond acceptors (Lipinski definition) is 9. The SMILES string of the molecule is C#Cc1c(F)ccc2cc(O)cc(-c3ncc4c(N5CCC[C@@H](C#N)[C@H](NC(=O)C=C)C5)nc(OCC56CCCN5CCC6)nc4c3F)c12. The molecule has 1 amide bonds. The van der Waals surface area contributed by atoms with Crippen molar-refractivity contribution in [2.75, 3.05) is 37.7 Å². The van der Waals surface area contributed by atoms with Crippen LogP contribution in [0.15, 0.2) is 43.1 Å². The third kappa shape index (κ3) is 5.76. The van der Waals surface area contributed by atoms with E-state index >= 15 is 4.39 Å². The molecule has 3 saturated heterocycles. The number of terminal acetylenes is 1. The van der Waals surface area contributed by atoms with Crippen LogP contribution in [-0.2, 0) is 4.79 Å². The maximum atomic E-state index is 17.0. The van der Waals surface area contributed by atoms with Gasteiger partial charge in [-0.25, -0.2) is 8.78 Å². The summed E-state index contributed by atoms with van der Waals surface area (Å²) in [6, 6.07) is 7.13. The number of fused-ring (bicyclic) bond motifs is 3. The number of pyridine rings is 1. The van der Waals surface area contributed by atoms with Gasteiger partial charge in [0.1, 0.15) is 35.2 Å². The molecule has 0 aliphatic carbocycles. The maximum absolute atomic E-state index is 17.0. The van der Waals surface area contributed by atoms with Crippen molar-refractivity contribution in [2.45, 2.75) is 50.1 Å². The minimum absolute atomic E-state index is 0.0180. The van der Waals surface area contributed by atoms with Gasteiger partial charge in [-0.2, -0.15) is 15.2 Å². The lowest BCUT2D eigenvalue weighted by Crippen LogP contribution is -2.46. The summed E-state index contributed by atoms with van der Waals surface area (Å²) >= 11 is 0. The molecule has 5 heterocycles. The predicted molar refractivity (Wildman–Crippen MR) is 181 cm³/mol. The summed E-state index contributed by atoms with van der Waals surface area (Å²) in [6.07, 6.45) is 13.6. The Morgan fingerprint density at radius 3 is 2.73 bits per heavy atom. The van der Waals surface area contributed by atoms with Gasteiger partial charge in [-0.1, -0.05) is 18.6 Å². The number of nitrogens with one attached hydrogen (secondary N) is 1. The fourth-order valence-electron chi connectivity index (χ4n) is 7.82. The molecule has 2 aromatic heterocycles. The number of phenolic OH excluding ortho intramolecular Hbond substituents is 1. The number of halogens is 2. The summed E-state index contributed by atoms with van der Waals surface area (Å²) in [5.41, 5.74) is -0.365. The lowest BCUT2D eigenvalue weighted by molar-refractivity contribution is -0.117. The minimum atomic E-state index is -0.826. The topological polar surface area (TPSA) is 128 Å². The number of rotatable bonds is 7. The number of amides is 1. The van der Waals surface area contributed by atoms with Crippen LogP contribution in [0.2, 0.25) is 0 Å². The fraction of sp³-hybridized carbons (Fsp3) is 0.378. The zero-order chi connectivity index (χ0) is 34.3. The highest BCUT2D eigenvalue weighted by atomic mass is 19.1. The molecule has 3 aliphatic heterocycles. The number of ether oxygens (including phenoxy) is 1. The van der Waals surface area contributed by atoms with Crippen molar-refractivity contribution >= 4 is 33.4 Å². The van der Waals surface area contributed by atoms with Crippen molar-refractivity contribution in [3.63, 3.8) is 0 Å². The van der Waals surface area contributed by atoms with Crippen LogP contribution in [0.3, 0.4) is 0 Å². The highest BCUT2D eigenvalue weighted by Crippen LogP contribution is 2.41. The Kier molecular flexibility index (Phi) is 8.51. The maximum Gasteiger partial charge on any atom is 0.319 e. The Balaban J connectivity index is 1.38. The molecule has 10 nitrogen and oxygen atoms in total. The van der Waals surface area contributed by atoms with Gasteiger partial charge in [0, 0.05) is 30.2 Å². The summed E-state index contributed by atoms with van der Waals surface area (Å²) in [5, 5.41) is 24.3. The lowest BCUT2D eigenvalue weighted by atomic mass is 9.95. The van der Waals surface area contributed by atoms with Gasteiger partial charge in [-0.05, 0) is 81.3 Å². The van der Waals surface area contributed by atoms with Crippen LogP contribution in [0.25, 0.3) is 32.9 Å². The number of benzene rings is 2. The van der Waals surface area contributed by atoms with Crippen LogP contribution in [0.1, 0.15) is 44.1 Å². The monoisotopic (exact) mass is 663 g/mol. The normalized spacial score (nSPS) is 20.4. The quantitative estimate of drug-likeness (QED) is 0.202. The van der Waals surface area contributed by atoms with Crippen molar-refractivity contribution in [3.8, 4) is 41.4 Å². The van der Waals surface area contributed by atoms with E-state index in [9.17, 15) is 19.6 Å². The Morgan fingerprint density at radius 2 is 2.00 bits per heavy atom. The summed E-state index contributed by atoms with van der Waals surface area (Å²) < 4.78 is 38.2. The van der Waals surface area contributed by atoms with Gasteiger partial charge < -0.3 is 20.1 Å². The molecule has 12 heteroatoms. The third-order valence-corrected chi connectivity index (χ3v) is 10.2. The van der Waals surface area contributed by atoms with Crippen molar-refractivity contribution in [1.82, 2.24) is 25.2 Å². The molecule has 0 bridgehead atoms. The first-order valence-electron chi connectivity index (χ1n) is 16.5. The first-order valence-corrected chi connectivity index (χ1v) is 16.5. The van der Waals surface area contributed by atoms with Gasteiger partial charge in [0.2, 0.25) is 5.91 Å². The van der Waals surface area contributed by atoms with Gasteiger partial charge in [0.25, 0.3) is 0 Å². The largest absolute Gasteiger partial charge is 0.508 e. The molecular weight excluding hydrogens is 628 g/mol. The van der Waals surface area contributed by atoms with Crippen LogP contribution in [0, 0.1) is 41.2 Å². The molecule has 3 aliphatic rings. The Bertz CT molecular complexity index is 2060. The molecule has 0 unspecified atom stereocenters. The number of nitrogens with zero attached hydrogens (tertiary/aromatic N) is 6. The van der Waals surface area contributed by atoms with Crippen LogP contribution < -0.4 is 15.0 Å². The molecule has 7 rings (SSSR count). The van der Waals surface area contributed by atoms with Crippen molar-refractivity contribution in [1.29, 1.82) is 5.26 Å². The molecule has 49 heavy (non-hydrogen) atoms. The number of aromatic nitrogens is 3. The van der Waals surface area contributed by atoms with Crippen LogP contribution in [0.4, 0.5) is 14.6 Å². The zero-order valence-corrected chi connectivity index (χ0v) is 26.9. The summed E-state index contributed by atoms with van der Waals surface area (Å²) in [7, 11) is 0. The lowest BCUT2D eigenvalue weighted by Gasteiger charge is -2.31. The van der Waals surface area contributed by atoms with Crippen LogP contribution in [0.5, 0.6) is 11.8 Å². The number of phenols is 1. The molecule has 2 atom stereocenters. The molecule has 4 aromatic rings. The highest BCUT2D eigenvalue weighted by molar-refractivity contribution is 6.03. The summed E-state index contributed by atoms with van der Waals surface area (Å²) in [5.74, 6) is 0.181. The van der Waals surface area contributed by atoms with Crippen LogP contribution >= 0.6 is 0 Å². The Morgan fingerprint density at radius 1 is 1.20 bits per heavy atom. The predicted octanol–water partition coefficient (Wildman–Crippen LogP) is 5.23. The van der Waals surface area contributed by atoms with E-state index in [1.807, 2.05) is 4.90 Å². The number of nitriles is 1. The molecule has 3 fully saturated rings. The van der Waals surface area contributed by atoms with Gasteiger partial charge in [0.05, 0.1) is 34.5 Å². The first kappa shape index (κ1) is 32.2. The number of anilines is 1. The second-order valence-electron chi connectivity index (χ2n) is 13.0. The Hall–Kier alpha value is -5.33. The smallest absolute Gasteiger partial charge is 0.319 e. The standard InChI is InChI=1S/C37H35F2N7O3/c1-3-25-28(38)10-9-22-16-24(47)17-26(31(22)25)33-32(39)34-27(19-41-33)35(45-13-5-8-23(18-40)29(20-45)42-30(48)4-2)44-36(43-34)49-21-37-11-6-14-46(37)15-7-12-37/h1,4,9-10,16-17,19,23,29,47H,2,5-8,11-15,20-21H2,(H,42,48)/t23-,29+/m0/s1. The number of carbonyl (C=O) groups is 1. The summed E-state index contributed by atoms with van der Waals surface area (Å²) in [6.45, 7) is 6.56. The first-order chi connectivity index (χ1) is 23.7. The average molecular weight is 664 g/mol. The van der Waals surface area contributed by atoms with Crippen LogP contribution in [-0.4, -0.2) is 75.2 Å². The van der Waals surface area contributed by atoms with Crippen molar-refractivity contribution in [3.05, 3.63) is 60.3 Å². The van der Waals surface area contributed by atoms with E-state index in [-0.39, 0.29) is 57.0 Å². The second kappa shape index (κ2) is 12.9. The van der Waals surface area contributed by atoms with Crippen molar-refractivity contribution < 1.29 is 23.4 Å². The van der Waals surface area contributed by atoms with Crippen molar-refractivity contribution in [2.24, 2.45) is 5.92 Å². The number of hydrogen-bond donors (Lipinski definition) is 2. The number of carbonyl (C=O) groups excluding carboxylic acids is 1. The second-order valence-corrected chi connectivity index (χ2v) is 13.0. The van der Waals surface area contributed by atoms with E-state index in [0.717, 1.165) is 44.8 Å². The van der Waals surface area contributed by atoms with E-state index in [4.69, 9.17) is 16.1 Å². The Labute approximate surface area is 282 Å². The minimum Gasteiger partial charge on any atom is -0.508 e. The molecule has 2 aromatic carbocycles. The fourth-order valence-corrected chi connectivity index (χ4v) is 7.82. The van der Waals surface area contributed by atoms with E-state index in [1.54, 1.807) is 0 Å². The molecule has 2 N–H and O–H groups in total. The highest BCUT2D eigenvalue weighted by Gasteiger charge is 2.45. The van der Waals surface area contributed by atoms with Gasteiger partial charge in [-0.15, -0.1) is 6.42 Å². The van der Waals surface area contributed by atoms with E-state index in [0.29, 0.717) is 37.2 Å². The molecule has 250 valence electrons. The molecule has 0 spiro atoms. The van der Waals surface area contributed by atoms with Gasteiger partial charge in [0.15, 0.2) is 5.82 Å². The van der Waals surface area contributed by atoms with E-state index in [1.165, 1.54) is 30.5 Å². The zero-order valence-electron chi connectivity index (χ0n) is 26.9. The van der Waals surface area contributed by atoms with Gasteiger partial charge >= 0.3 is 6.01 Å². The third-order valence-electron chi connectivity index (χ3n) is 10.2. The molecular formula is C37H35F2N7O3. The average Bonchev–Trinajstić information content (AvgIpc) is 3.62. The van der Waals surface area contributed by atoms with E-state index in [2.05, 4.69) is 38.8 Å². The number of aromatic hydroxyl groups is 1.